The molecule has 2 aromatic carbocycles. The lowest BCUT2D eigenvalue weighted by Gasteiger charge is -2.14. The van der Waals surface area contributed by atoms with E-state index in [1.165, 1.54) is 12.1 Å². The van der Waals surface area contributed by atoms with E-state index in [1.807, 2.05) is 41.9 Å². The van der Waals surface area contributed by atoms with Gasteiger partial charge in [0.2, 0.25) is 0 Å². The first-order valence-corrected chi connectivity index (χ1v) is 9.78. The van der Waals surface area contributed by atoms with Crippen molar-refractivity contribution in [1.29, 1.82) is 0 Å². The number of rotatable bonds is 5. The zero-order chi connectivity index (χ0) is 21.9. The van der Waals surface area contributed by atoms with Crippen LogP contribution in [0.3, 0.4) is 0 Å². The van der Waals surface area contributed by atoms with E-state index >= 15 is 0 Å². The number of nitrogens with zero attached hydrogens (tertiary/aromatic N) is 2. The van der Waals surface area contributed by atoms with Gasteiger partial charge in [-0.05, 0) is 42.8 Å². The average Bonchev–Trinajstić information content (AvgIpc) is 3.11. The Labute approximate surface area is 175 Å². The molecule has 3 rings (SSSR count). The third-order valence-corrected chi connectivity index (χ3v) is 4.71. The second kappa shape index (κ2) is 8.67. The molecule has 7 heteroatoms. The maximum atomic E-state index is 13.8. The van der Waals surface area contributed by atoms with Gasteiger partial charge in [-0.2, -0.15) is 5.10 Å². The van der Waals surface area contributed by atoms with Gasteiger partial charge in [0.25, 0.3) is 0 Å². The number of amides is 2. The quantitative estimate of drug-likeness (QED) is 0.582. The van der Waals surface area contributed by atoms with Gasteiger partial charge in [0.15, 0.2) is 0 Å². The van der Waals surface area contributed by atoms with Gasteiger partial charge in [-0.25, -0.2) is 13.9 Å². The van der Waals surface area contributed by atoms with Gasteiger partial charge >= 0.3 is 6.03 Å². The molecule has 3 N–H and O–H groups in total. The highest BCUT2D eigenvalue weighted by Gasteiger charge is 2.21. The Bertz CT molecular complexity index is 1050. The smallest absolute Gasteiger partial charge is 0.319 e. The number of aliphatic hydroxyl groups excluding tert-OH is 1. The third-order valence-electron chi connectivity index (χ3n) is 4.71. The van der Waals surface area contributed by atoms with Gasteiger partial charge in [-0.1, -0.05) is 39.0 Å². The van der Waals surface area contributed by atoms with Crippen molar-refractivity contribution in [1.82, 2.24) is 15.1 Å². The molecular weight excluding hydrogens is 383 g/mol. The van der Waals surface area contributed by atoms with E-state index in [2.05, 4.69) is 31.4 Å². The molecule has 1 heterocycles. The number of carbonyl (C=O) groups is 1. The number of aromatic nitrogens is 2. The highest BCUT2D eigenvalue weighted by atomic mass is 19.1. The Morgan fingerprint density at radius 3 is 2.57 bits per heavy atom. The molecule has 3 aromatic rings. The number of nitrogens with one attached hydrogen (secondary N) is 2. The minimum absolute atomic E-state index is 0.141. The van der Waals surface area contributed by atoms with Crippen LogP contribution < -0.4 is 10.6 Å². The van der Waals surface area contributed by atoms with Gasteiger partial charge in [-0.3, -0.25) is 0 Å². The van der Waals surface area contributed by atoms with Gasteiger partial charge in [0.05, 0.1) is 30.2 Å². The fourth-order valence-electron chi connectivity index (χ4n) is 2.99. The van der Waals surface area contributed by atoms with Crippen LogP contribution in [0.25, 0.3) is 5.69 Å². The van der Waals surface area contributed by atoms with E-state index < -0.39 is 18.5 Å². The van der Waals surface area contributed by atoms with Crippen molar-refractivity contribution >= 4 is 11.7 Å². The maximum Gasteiger partial charge on any atom is 0.319 e. The van der Waals surface area contributed by atoms with E-state index in [4.69, 9.17) is 10.2 Å². The van der Waals surface area contributed by atoms with Gasteiger partial charge < -0.3 is 15.7 Å². The number of hydrogen-bond acceptors (Lipinski definition) is 3. The summed E-state index contributed by atoms with van der Waals surface area (Å²) in [5, 5.41) is 19.2. The molecule has 0 atom stereocenters. The SMILES string of the molecule is Cc1cccc(-n2nc(C(C)(C)C)cc2CNC(=O)Nc2ccc(CO)c(F)c2)c1. The summed E-state index contributed by atoms with van der Waals surface area (Å²) in [6.45, 7) is 8.14. The number of carbonyl (C=O) groups excluding carboxylic acids is 1. The number of urea groups is 1. The zero-order valence-corrected chi connectivity index (χ0v) is 17.7. The molecule has 2 amide bonds. The van der Waals surface area contributed by atoms with Crippen molar-refractivity contribution in [2.45, 2.75) is 46.3 Å². The molecular formula is C23H27FN4O2. The first-order chi connectivity index (χ1) is 14.2. The van der Waals surface area contributed by atoms with Crippen molar-refractivity contribution in [2.75, 3.05) is 5.32 Å². The normalized spacial score (nSPS) is 11.4. The molecule has 158 valence electrons. The Kier molecular flexibility index (Phi) is 6.22. The van der Waals surface area contributed by atoms with E-state index in [-0.39, 0.29) is 17.5 Å². The first kappa shape index (κ1) is 21.5. The van der Waals surface area contributed by atoms with Crippen molar-refractivity contribution in [3.63, 3.8) is 0 Å². The second-order valence-corrected chi connectivity index (χ2v) is 8.29. The lowest BCUT2D eigenvalue weighted by Crippen LogP contribution is -2.29. The van der Waals surface area contributed by atoms with Crippen LogP contribution in [0.4, 0.5) is 14.9 Å². The van der Waals surface area contributed by atoms with Gasteiger partial charge in [0, 0.05) is 16.7 Å². The van der Waals surface area contributed by atoms with Gasteiger partial charge in [-0.15, -0.1) is 0 Å². The number of aliphatic hydroxyl groups is 1. The Hall–Kier alpha value is -3.19. The van der Waals surface area contributed by atoms with E-state index in [0.717, 1.165) is 22.6 Å². The predicted molar refractivity (Wildman–Crippen MR) is 115 cm³/mol. The average molecular weight is 410 g/mol. The van der Waals surface area contributed by atoms with Gasteiger partial charge in [0.1, 0.15) is 5.82 Å². The Balaban J connectivity index is 1.77. The van der Waals surface area contributed by atoms with Crippen LogP contribution in [0.1, 0.15) is 43.3 Å². The number of benzene rings is 2. The largest absolute Gasteiger partial charge is 0.392 e. The highest BCUT2D eigenvalue weighted by molar-refractivity contribution is 5.89. The monoisotopic (exact) mass is 410 g/mol. The Morgan fingerprint density at radius 1 is 1.17 bits per heavy atom. The van der Waals surface area contributed by atoms with Crippen LogP contribution in [0.2, 0.25) is 0 Å². The number of hydrogen-bond donors (Lipinski definition) is 3. The van der Waals surface area contributed by atoms with Crippen molar-refractivity contribution in [3.05, 3.63) is 76.9 Å². The highest BCUT2D eigenvalue weighted by Crippen LogP contribution is 2.24. The number of anilines is 1. The van der Waals surface area contributed by atoms with Crippen LogP contribution in [-0.4, -0.2) is 20.9 Å². The summed E-state index contributed by atoms with van der Waals surface area (Å²) in [6, 6.07) is 13.7. The number of aryl methyl sites for hydroxylation is 1. The van der Waals surface area contributed by atoms with Crippen molar-refractivity contribution < 1.29 is 14.3 Å². The summed E-state index contributed by atoms with van der Waals surface area (Å²) >= 11 is 0. The summed E-state index contributed by atoms with van der Waals surface area (Å²) in [7, 11) is 0. The van der Waals surface area contributed by atoms with Crippen molar-refractivity contribution in [3.8, 4) is 5.69 Å². The minimum Gasteiger partial charge on any atom is -0.392 e. The van der Waals surface area contributed by atoms with Crippen LogP contribution in [0, 0.1) is 12.7 Å². The molecule has 30 heavy (non-hydrogen) atoms. The number of halogens is 1. The maximum absolute atomic E-state index is 13.8. The summed E-state index contributed by atoms with van der Waals surface area (Å²) in [5.41, 5.74) is 4.14. The summed E-state index contributed by atoms with van der Waals surface area (Å²) < 4.78 is 15.6. The fourth-order valence-corrected chi connectivity index (χ4v) is 2.99. The van der Waals surface area contributed by atoms with E-state index in [0.29, 0.717) is 5.69 Å². The lowest BCUT2D eigenvalue weighted by molar-refractivity contribution is 0.251. The predicted octanol–water partition coefficient (Wildman–Crippen LogP) is 4.43. The minimum atomic E-state index is -0.567. The van der Waals surface area contributed by atoms with E-state index in [1.54, 1.807) is 6.07 Å². The lowest BCUT2D eigenvalue weighted by atomic mass is 9.92. The second-order valence-electron chi connectivity index (χ2n) is 8.29. The summed E-state index contributed by atoms with van der Waals surface area (Å²) in [4.78, 5) is 12.3. The molecule has 0 aliphatic heterocycles. The molecule has 0 spiro atoms. The molecule has 1 aromatic heterocycles. The molecule has 0 unspecified atom stereocenters. The molecule has 0 fully saturated rings. The standard InChI is InChI=1S/C23H27FN4O2/c1-15-6-5-7-18(10-15)28-19(12-21(27-28)23(2,3)4)13-25-22(30)26-17-9-8-16(14-29)20(24)11-17/h5-12,29H,13-14H2,1-4H3,(H2,25,26,30). The van der Waals surface area contributed by atoms with Crippen LogP contribution in [-0.2, 0) is 18.6 Å². The fraction of sp³-hybridized carbons (Fsp3) is 0.304. The topological polar surface area (TPSA) is 79.2 Å². The van der Waals surface area contributed by atoms with Crippen LogP contribution >= 0.6 is 0 Å². The van der Waals surface area contributed by atoms with E-state index in [9.17, 15) is 9.18 Å². The molecule has 6 nitrogen and oxygen atoms in total. The Morgan fingerprint density at radius 2 is 1.93 bits per heavy atom. The molecule has 0 bridgehead atoms. The first-order valence-electron chi connectivity index (χ1n) is 9.78. The van der Waals surface area contributed by atoms with Crippen molar-refractivity contribution in [2.24, 2.45) is 0 Å². The summed E-state index contributed by atoms with van der Waals surface area (Å²) in [5.74, 6) is -0.567. The third kappa shape index (κ3) is 5.04. The van der Waals surface area contributed by atoms with Crippen LogP contribution in [0.5, 0.6) is 0 Å². The molecule has 0 radical (unpaired) electrons. The summed E-state index contributed by atoms with van der Waals surface area (Å²) in [6.07, 6.45) is 0. The van der Waals surface area contributed by atoms with Crippen LogP contribution in [0.15, 0.2) is 48.5 Å². The zero-order valence-electron chi connectivity index (χ0n) is 17.7. The molecule has 0 aliphatic rings. The molecule has 0 saturated carbocycles. The molecule has 0 saturated heterocycles. The molecule has 0 aliphatic carbocycles.